The van der Waals surface area contributed by atoms with Crippen LogP contribution in [0.5, 0.6) is 17.8 Å². The van der Waals surface area contributed by atoms with Crippen LogP contribution in [0.15, 0.2) is 60.7 Å². The van der Waals surface area contributed by atoms with Crippen molar-refractivity contribution in [1.29, 1.82) is 0 Å². The van der Waals surface area contributed by atoms with Crippen molar-refractivity contribution in [3.8, 4) is 40.0 Å². The Bertz CT molecular complexity index is 4060. The van der Waals surface area contributed by atoms with Gasteiger partial charge in [-0.2, -0.15) is 19.9 Å². The van der Waals surface area contributed by atoms with Gasteiger partial charge in [0, 0.05) is 73.0 Å². The van der Waals surface area contributed by atoms with Crippen LogP contribution in [-0.2, 0) is 4.79 Å². The molecule has 4 atom stereocenters. The van der Waals surface area contributed by atoms with E-state index in [1.54, 1.807) is 35.2 Å². The number of nitrogens with zero attached hydrogens (tertiary/aromatic N) is 9. The van der Waals surface area contributed by atoms with Gasteiger partial charge in [0.25, 0.3) is 11.8 Å². The van der Waals surface area contributed by atoms with Gasteiger partial charge in [0.05, 0.1) is 63.6 Å². The van der Waals surface area contributed by atoms with Crippen LogP contribution in [0.1, 0.15) is 56.6 Å². The normalized spacial score (nSPS) is 24.2. The van der Waals surface area contributed by atoms with Gasteiger partial charge < -0.3 is 45.6 Å². The number of hydrogen-bond acceptors (Lipinski definition) is 16. The highest BCUT2D eigenvalue weighted by Crippen LogP contribution is 2.53. The third-order valence-electron chi connectivity index (χ3n) is 17.8. The molecule has 6 fully saturated rings. The number of nitrogens with two attached hydrogens (primary N) is 1. The first-order valence-electron chi connectivity index (χ1n) is 28.2. The maximum atomic E-state index is 17.9. The van der Waals surface area contributed by atoms with Crippen LogP contribution < -0.4 is 35.6 Å². The molecule has 0 bridgehead atoms. The number of hydrogen-bond donors (Lipinski definition) is 4. The first kappa shape index (κ1) is 56.0. The van der Waals surface area contributed by atoms with E-state index in [2.05, 4.69) is 35.6 Å². The predicted molar refractivity (Wildman–Crippen MR) is 312 cm³/mol. The maximum Gasteiger partial charge on any atom is 0.319 e. The van der Waals surface area contributed by atoms with Crippen molar-refractivity contribution in [2.45, 2.75) is 80.1 Å². The Morgan fingerprint density at radius 3 is 2.00 bits per heavy atom. The predicted octanol–water partition coefficient (Wildman–Crippen LogP) is 10.9. The van der Waals surface area contributed by atoms with Gasteiger partial charge in [0.1, 0.15) is 47.8 Å². The number of halogens is 9. The van der Waals surface area contributed by atoms with Crippen LogP contribution in [0.25, 0.3) is 65.0 Å². The summed E-state index contributed by atoms with van der Waals surface area (Å²) in [5, 5.41) is 18.2. The van der Waals surface area contributed by atoms with Crippen LogP contribution in [-0.4, -0.2) is 153 Å². The lowest BCUT2D eigenvalue weighted by atomic mass is 9.91. The Balaban J connectivity index is 0.823. The average Bonchev–Trinajstić information content (AvgIpc) is 2.35. The zero-order valence-corrected chi connectivity index (χ0v) is 47.8. The van der Waals surface area contributed by atoms with Crippen LogP contribution in [0.4, 0.5) is 47.5 Å². The number of anilines is 3. The van der Waals surface area contributed by atoms with Crippen LogP contribution in [0, 0.1) is 11.6 Å². The number of benzene rings is 5. The summed E-state index contributed by atoms with van der Waals surface area (Å²) in [6.45, 7) is -1.43. The molecule has 16 nitrogen and oxygen atoms in total. The van der Waals surface area contributed by atoms with Crippen LogP contribution >= 0.6 is 34.5 Å². The molecule has 0 saturated carbocycles. The summed E-state index contributed by atoms with van der Waals surface area (Å²) in [4.78, 5) is 43.7. The molecule has 6 aliphatic rings. The minimum Gasteiger partial charge on any atom is -0.508 e. The Morgan fingerprint density at radius 1 is 0.718 bits per heavy atom. The summed E-state index contributed by atoms with van der Waals surface area (Å²) >= 11 is 15.2. The number of thiazole rings is 1. The zero-order chi connectivity index (χ0) is 58.9. The minimum atomic E-state index is -3.20. The summed E-state index contributed by atoms with van der Waals surface area (Å²) < 4.78 is 125. The SMILES string of the molecule is Nc1nc2c(-c3c(Cl)cc4c(N5CCNCC(F)(F)C5)nc(OCC56CCC(=O)N5C(c5cccc7c(-c8c(Cl)cc9c(N%10CCNCC(F)(F)C%10)nc(OC[C@@]%10%11CCCN%10C[C@H](F)C%11)nc9c8F)cc(O)cc57)CC6)nc4c3F)cccc2s1. The van der Waals surface area contributed by atoms with Gasteiger partial charge in [-0.1, -0.05) is 64.9 Å². The number of nitrogens with one attached hydrogen (secondary N) is 2. The zero-order valence-electron chi connectivity index (χ0n) is 45.4. The monoisotopic (exact) mass is 1230 g/mol. The van der Waals surface area contributed by atoms with Gasteiger partial charge >= 0.3 is 12.0 Å². The number of carbonyl (C=O) groups excluding carboxylic acids is 1. The molecule has 5 aromatic carbocycles. The van der Waals surface area contributed by atoms with Gasteiger partial charge in [-0.25, -0.2) is 35.7 Å². The lowest BCUT2D eigenvalue weighted by molar-refractivity contribution is -0.132. The van der Waals surface area contributed by atoms with Gasteiger partial charge in [0.2, 0.25) is 5.91 Å². The maximum absolute atomic E-state index is 17.9. The standard InChI is InChI=1S/C59H55Cl2F7N12O4S/c60-39-20-37-49(46(63)44(39)34-6-2-7-42-48(34)72-53(69)85-42)73-54(75-51(37)77-16-13-70-24-58(65,66)26-77)83-28-56-11-8-41(80(56)43(82)9-12-56)33-5-1-4-32-35(33)18-31(81)19-36(32)45-40(61)21-38-50(47(45)64)74-55(76-52(38)78-17-14-71-25-59(67,68)27-78)84-29-57-10-3-15-79(57)23-30(62)22-57/h1-2,4-7,18-21,30,41,70-71,81H,3,8-17,22-29H2,(H2,69,72)/t30-,41?,56?,57+/m1/s1. The highest BCUT2D eigenvalue weighted by atomic mass is 35.5. The lowest BCUT2D eigenvalue weighted by Gasteiger charge is -2.35. The largest absolute Gasteiger partial charge is 0.508 e. The average molecular weight is 1230 g/mol. The molecule has 8 aromatic rings. The fourth-order valence-electron chi connectivity index (χ4n) is 14.1. The number of aromatic hydroxyl groups is 1. The molecule has 9 heterocycles. The quantitative estimate of drug-likeness (QED) is 0.0897. The third kappa shape index (κ3) is 9.78. The molecular formula is C59H55Cl2F7N12O4S. The van der Waals surface area contributed by atoms with E-state index in [1.807, 2.05) is 11.0 Å². The van der Waals surface area contributed by atoms with E-state index >= 15 is 26.3 Å². The second-order valence-electron chi connectivity index (χ2n) is 23.3. The number of ether oxygens (including phenoxy) is 2. The van der Waals surface area contributed by atoms with Crippen molar-refractivity contribution in [2.75, 3.05) is 94.2 Å². The van der Waals surface area contributed by atoms with Crippen molar-refractivity contribution < 1.29 is 50.1 Å². The number of phenolic OH excluding ortho intramolecular Hbond substituents is 1. The second-order valence-corrected chi connectivity index (χ2v) is 25.2. The molecule has 6 aliphatic heterocycles. The number of alkyl halides is 5. The minimum absolute atomic E-state index is 0.00926. The van der Waals surface area contributed by atoms with E-state index < -0.39 is 72.9 Å². The number of phenols is 1. The van der Waals surface area contributed by atoms with Gasteiger partial charge in [-0.15, -0.1) is 0 Å². The van der Waals surface area contributed by atoms with Crippen molar-refractivity contribution >= 4 is 100 Å². The molecule has 14 rings (SSSR count). The van der Waals surface area contributed by atoms with Gasteiger partial charge in [-0.3, -0.25) is 9.69 Å². The van der Waals surface area contributed by atoms with E-state index in [4.69, 9.17) is 38.4 Å². The molecule has 3 aromatic heterocycles. The number of fused-ring (bicyclic) bond motifs is 6. The third-order valence-corrected chi connectivity index (χ3v) is 19.3. The van der Waals surface area contributed by atoms with Gasteiger partial charge in [0.15, 0.2) is 16.8 Å². The Morgan fingerprint density at radius 2 is 1.34 bits per heavy atom. The molecule has 1 amide bonds. The van der Waals surface area contributed by atoms with Crippen molar-refractivity contribution in [3.63, 3.8) is 0 Å². The number of para-hydroxylation sites is 1. The number of amides is 1. The topological polar surface area (TPSA) is 183 Å². The van der Waals surface area contributed by atoms with Crippen molar-refractivity contribution in [1.82, 2.24) is 45.4 Å². The first-order chi connectivity index (χ1) is 40.8. The Kier molecular flexibility index (Phi) is 13.8. The van der Waals surface area contributed by atoms with E-state index in [9.17, 15) is 14.3 Å². The number of aromatic nitrogens is 5. The number of nitrogen functional groups attached to an aromatic ring is 1. The molecule has 0 radical (unpaired) electrons. The summed E-state index contributed by atoms with van der Waals surface area (Å²) in [6, 6.07) is 15.0. The molecule has 0 aliphatic carbocycles. The van der Waals surface area contributed by atoms with E-state index in [-0.39, 0.29) is 148 Å². The summed E-state index contributed by atoms with van der Waals surface area (Å²) in [6.07, 6.45) is 1.97. The Hall–Kier alpha value is -6.83. The fourth-order valence-corrected chi connectivity index (χ4v) is 15.5. The molecule has 2 unspecified atom stereocenters. The smallest absolute Gasteiger partial charge is 0.319 e. The second kappa shape index (κ2) is 21.0. The lowest BCUT2D eigenvalue weighted by Crippen LogP contribution is -2.46. The van der Waals surface area contributed by atoms with E-state index in [0.29, 0.717) is 64.3 Å². The summed E-state index contributed by atoms with van der Waals surface area (Å²) in [5.74, 6) is -8.69. The Labute approximate surface area is 495 Å². The van der Waals surface area contributed by atoms with E-state index in [0.717, 1.165) is 6.42 Å². The van der Waals surface area contributed by atoms with Crippen molar-refractivity contribution in [2.24, 2.45) is 0 Å². The molecule has 0 spiro atoms. The highest BCUT2D eigenvalue weighted by Gasteiger charge is 2.55. The van der Waals surface area contributed by atoms with Crippen molar-refractivity contribution in [3.05, 3.63) is 87.9 Å². The molecule has 26 heteroatoms. The summed E-state index contributed by atoms with van der Waals surface area (Å²) in [7, 11) is 0. The van der Waals surface area contributed by atoms with Gasteiger partial charge in [-0.05, 0) is 90.9 Å². The molecule has 85 heavy (non-hydrogen) atoms. The fraction of sp³-hybridized carbons (Fsp3) is 0.424. The van der Waals surface area contributed by atoms with Crippen LogP contribution in [0.2, 0.25) is 10.0 Å². The van der Waals surface area contributed by atoms with Crippen LogP contribution in [0.3, 0.4) is 0 Å². The summed E-state index contributed by atoms with van der Waals surface area (Å²) in [5.41, 5.74) is 5.31. The number of rotatable bonds is 11. The van der Waals surface area contributed by atoms with E-state index in [1.165, 1.54) is 45.4 Å². The number of carbonyl (C=O) groups is 1. The first-order valence-corrected chi connectivity index (χ1v) is 29.8. The highest BCUT2D eigenvalue weighted by molar-refractivity contribution is 7.22. The molecular weight excluding hydrogens is 1180 g/mol. The molecule has 6 saturated heterocycles. The molecule has 444 valence electrons. The molecule has 5 N–H and O–H groups in total.